The van der Waals surface area contributed by atoms with Gasteiger partial charge < -0.3 is 28.5 Å². The number of carbonyl (C=O) groups is 2. The van der Waals surface area contributed by atoms with E-state index >= 15 is 0 Å². The third kappa shape index (κ3) is 11.6. The average Bonchev–Trinajstić information content (AvgIpc) is 3.06. The summed E-state index contributed by atoms with van der Waals surface area (Å²) in [5.41, 5.74) is -1.59. The maximum atomic E-state index is 13.2. The Morgan fingerprint density at radius 3 is 2.00 bits per heavy atom. The highest BCUT2D eigenvalue weighted by molar-refractivity contribution is 7.99. The van der Waals surface area contributed by atoms with Crippen LogP contribution in [0.2, 0.25) is 5.04 Å². The molecule has 8 nitrogen and oxygen atoms in total. The van der Waals surface area contributed by atoms with E-state index in [0.29, 0.717) is 0 Å². The van der Waals surface area contributed by atoms with E-state index in [1.807, 2.05) is 36.4 Å². The molecule has 10 heteroatoms. The van der Waals surface area contributed by atoms with E-state index in [1.165, 1.54) is 31.0 Å². The molecule has 0 amide bonds. The monoisotopic (exact) mass is 717 g/mol. The largest absolute Gasteiger partial charge is 0.509 e. The number of hydrogen-bond acceptors (Lipinski definition) is 9. The van der Waals surface area contributed by atoms with E-state index in [2.05, 4.69) is 52.0 Å². The number of carbonyl (C=O) groups excluding carboxylic acids is 2. The molecule has 49 heavy (non-hydrogen) atoms. The van der Waals surface area contributed by atoms with E-state index < -0.39 is 61.8 Å². The van der Waals surface area contributed by atoms with E-state index in [4.69, 9.17) is 24.7 Å². The second kappa shape index (κ2) is 18.7. The minimum atomic E-state index is -3.04. The number of hydrogen-bond donors (Lipinski definition) is 1. The van der Waals surface area contributed by atoms with Gasteiger partial charge in [0, 0.05) is 1.37 Å². The van der Waals surface area contributed by atoms with Gasteiger partial charge in [-0.1, -0.05) is 134 Å². The molecule has 0 radical (unpaired) electrons. The van der Waals surface area contributed by atoms with Gasteiger partial charge in [0.25, 0.3) is 8.32 Å². The van der Waals surface area contributed by atoms with Gasteiger partial charge in [-0.2, -0.15) is 0 Å². The summed E-state index contributed by atoms with van der Waals surface area (Å²) in [5, 5.41) is 13.8. The highest BCUT2D eigenvalue weighted by Gasteiger charge is 2.54. The van der Waals surface area contributed by atoms with Crippen LogP contribution >= 0.6 is 11.8 Å². The molecule has 2 unspecified atom stereocenters. The number of aliphatic hydroxyl groups is 1. The zero-order valence-electron chi connectivity index (χ0n) is 31.8. The van der Waals surface area contributed by atoms with Crippen molar-refractivity contribution in [2.24, 2.45) is 5.92 Å². The van der Waals surface area contributed by atoms with Gasteiger partial charge in [0.2, 0.25) is 0 Å². The van der Waals surface area contributed by atoms with E-state index in [-0.39, 0.29) is 18.5 Å². The number of thioether (sulfide) groups is 1. The molecule has 1 aliphatic heterocycles. The summed E-state index contributed by atoms with van der Waals surface area (Å²) in [6, 6.07) is 20.4. The average molecular weight is 718 g/mol. The molecule has 6 atom stereocenters. The van der Waals surface area contributed by atoms with Crippen LogP contribution in [0.25, 0.3) is 0 Å². The van der Waals surface area contributed by atoms with Crippen molar-refractivity contribution >= 4 is 42.6 Å². The molecule has 0 bridgehead atoms. The van der Waals surface area contributed by atoms with Gasteiger partial charge in [0.1, 0.15) is 23.2 Å². The normalized spacial score (nSPS) is 22.6. The first-order valence-electron chi connectivity index (χ1n) is 18.4. The second-order valence-corrected chi connectivity index (χ2v) is 20.5. The second-order valence-electron chi connectivity index (χ2n) is 15.0. The van der Waals surface area contributed by atoms with Crippen LogP contribution in [-0.2, 0) is 28.2 Å². The van der Waals surface area contributed by atoms with Crippen molar-refractivity contribution in [3.8, 4) is 0 Å². The van der Waals surface area contributed by atoms with Crippen molar-refractivity contribution in [3.05, 3.63) is 60.7 Å². The number of aliphatic hydroxyl groups excluding tert-OH is 1. The molecule has 1 fully saturated rings. The van der Waals surface area contributed by atoms with Crippen molar-refractivity contribution in [2.45, 2.75) is 141 Å². The lowest BCUT2D eigenvalue weighted by molar-refractivity contribution is -0.225. The van der Waals surface area contributed by atoms with Gasteiger partial charge in [-0.25, -0.2) is 4.79 Å². The van der Waals surface area contributed by atoms with Crippen LogP contribution in [0.15, 0.2) is 60.7 Å². The van der Waals surface area contributed by atoms with Gasteiger partial charge in [-0.3, -0.25) is 4.79 Å². The predicted molar refractivity (Wildman–Crippen MR) is 200 cm³/mol. The molecule has 1 N–H and O–H groups in total. The topological polar surface area (TPSA) is 101 Å². The Balaban J connectivity index is 2.01. The molecular weight excluding hydrogens is 657 g/mol. The fourth-order valence-electron chi connectivity index (χ4n) is 6.12. The van der Waals surface area contributed by atoms with Crippen molar-refractivity contribution in [1.82, 2.24) is 0 Å². The standard InChI is InChI=1S/C39H60O8SSi/c1-10-11-12-13-14-21-26-48-36-34(46-37(42)47-38(4,5)6)32(40)33(45-35(41)28(2)3)31(44-36)27-43-49(39(7,8)9,29-22-17-15-18-23-29)30-24-19-16-20-25-30/h15-20,22-25,28,31-34,36,40H,10-14,21,26-27H2,1-9H3/t31-,32+,33-,34-,36?/m1/s1/i2D/t28?,31-,32+,33-,34-,36?. The molecule has 3 rings (SSSR count). The van der Waals surface area contributed by atoms with Gasteiger partial charge in [0.05, 0.1) is 12.5 Å². The smallest absolute Gasteiger partial charge is 0.456 e. The first-order valence-corrected chi connectivity index (χ1v) is 20.7. The molecule has 1 heterocycles. The number of esters is 1. The van der Waals surface area contributed by atoms with Crippen molar-refractivity contribution in [1.29, 1.82) is 0 Å². The zero-order valence-corrected chi connectivity index (χ0v) is 32.6. The SMILES string of the molecule is [2H]CC(C)C(=O)O[C@H]1[C@H](O)[C@@H](OC(=O)OC(C)(C)C)C(SCCCCCCCC)O[C@@H]1CO[Si](c1ccccc1)(c1ccccc1)C(C)(C)C. The first-order chi connectivity index (χ1) is 23.6. The Labute approximate surface area is 301 Å². The van der Waals surface area contributed by atoms with Gasteiger partial charge in [-0.05, 0) is 48.4 Å². The van der Waals surface area contributed by atoms with Crippen LogP contribution in [0.5, 0.6) is 0 Å². The Morgan fingerprint density at radius 2 is 1.47 bits per heavy atom. The molecule has 274 valence electrons. The number of unbranched alkanes of at least 4 members (excludes halogenated alkanes) is 5. The summed E-state index contributed by atoms with van der Waals surface area (Å²) in [5.74, 6) is -0.650. The molecule has 2 aromatic carbocycles. The number of benzene rings is 2. The van der Waals surface area contributed by atoms with Crippen LogP contribution in [0.1, 0.15) is 102 Å². The third-order valence-electron chi connectivity index (χ3n) is 8.55. The number of ether oxygens (including phenoxy) is 4. The predicted octanol–water partition coefficient (Wildman–Crippen LogP) is 7.63. The molecular formula is C39H60O8SSi. The van der Waals surface area contributed by atoms with Crippen LogP contribution in [-0.4, -0.2) is 73.4 Å². The van der Waals surface area contributed by atoms with Crippen LogP contribution in [0.4, 0.5) is 4.79 Å². The molecule has 1 saturated heterocycles. The molecule has 0 saturated carbocycles. The van der Waals surface area contributed by atoms with Crippen molar-refractivity contribution in [2.75, 3.05) is 12.4 Å². The summed E-state index contributed by atoms with van der Waals surface area (Å²) < 4.78 is 38.8. The van der Waals surface area contributed by atoms with Gasteiger partial charge in [0.15, 0.2) is 12.2 Å². The highest BCUT2D eigenvalue weighted by Crippen LogP contribution is 2.39. The maximum Gasteiger partial charge on any atom is 0.509 e. The summed E-state index contributed by atoms with van der Waals surface area (Å²) in [6.45, 7) is 15.3. The zero-order chi connectivity index (χ0) is 37.0. The first kappa shape index (κ1) is 39.4. The summed E-state index contributed by atoms with van der Waals surface area (Å²) in [4.78, 5) is 26.1. The lowest BCUT2D eigenvalue weighted by Gasteiger charge is -2.47. The third-order valence-corrected chi connectivity index (χ3v) is 14.8. The summed E-state index contributed by atoms with van der Waals surface area (Å²) in [6.07, 6.45) is 1.04. The quantitative estimate of drug-likeness (QED) is 0.107. The minimum Gasteiger partial charge on any atom is -0.456 e. The lowest BCUT2D eigenvalue weighted by atomic mass is 9.99. The molecule has 0 aliphatic carbocycles. The van der Waals surface area contributed by atoms with Gasteiger partial charge in [-0.15, -0.1) is 11.8 Å². The highest BCUT2D eigenvalue weighted by atomic mass is 32.2. The van der Waals surface area contributed by atoms with Gasteiger partial charge >= 0.3 is 12.1 Å². The molecule has 0 aromatic heterocycles. The van der Waals surface area contributed by atoms with E-state index in [0.717, 1.165) is 35.4 Å². The minimum absolute atomic E-state index is 0.00474. The van der Waals surface area contributed by atoms with E-state index in [9.17, 15) is 14.7 Å². The maximum absolute atomic E-state index is 13.2. The Kier molecular flexibility index (Phi) is 15.1. The summed E-state index contributed by atoms with van der Waals surface area (Å²) >= 11 is 1.47. The summed E-state index contributed by atoms with van der Waals surface area (Å²) in [7, 11) is -3.04. The fraction of sp³-hybridized carbons (Fsp3) is 0.641. The molecule has 0 spiro atoms. The number of rotatable bonds is 16. The van der Waals surface area contributed by atoms with Crippen LogP contribution < -0.4 is 10.4 Å². The van der Waals surface area contributed by atoms with E-state index in [1.54, 1.807) is 27.7 Å². The van der Waals surface area contributed by atoms with Crippen molar-refractivity contribution < 1.29 is 39.4 Å². The Bertz CT molecular complexity index is 1260. The van der Waals surface area contributed by atoms with Crippen LogP contribution in [0, 0.1) is 5.92 Å². The molecule has 1 aliphatic rings. The fourth-order valence-corrected chi connectivity index (χ4v) is 11.9. The Hall–Kier alpha value is -2.37. The molecule has 2 aromatic rings. The van der Waals surface area contributed by atoms with Crippen molar-refractivity contribution in [3.63, 3.8) is 0 Å². The van der Waals surface area contributed by atoms with Crippen LogP contribution in [0.3, 0.4) is 0 Å². The lowest BCUT2D eigenvalue weighted by Crippen LogP contribution is -2.68. The Morgan fingerprint density at radius 1 is 0.898 bits per heavy atom.